The van der Waals surface area contributed by atoms with E-state index in [-0.39, 0.29) is 6.67 Å². The van der Waals surface area contributed by atoms with E-state index < -0.39 is 34.2 Å². The summed E-state index contributed by atoms with van der Waals surface area (Å²) in [7, 11) is 0. The molecule has 1 heterocycles. The predicted octanol–water partition coefficient (Wildman–Crippen LogP) is -2.13. The van der Waals surface area contributed by atoms with Crippen LogP contribution in [0, 0.1) is 20.2 Å². The number of rotatable bonds is 4. The largest absolute Gasteiger partial charge is 0.296 e. The number of hydrogen-bond donors (Lipinski definition) is 2. The van der Waals surface area contributed by atoms with Gasteiger partial charge in [0.1, 0.15) is 6.67 Å². The van der Waals surface area contributed by atoms with Gasteiger partial charge in [0.15, 0.2) is 10.1 Å². The van der Waals surface area contributed by atoms with E-state index in [9.17, 15) is 29.8 Å². The van der Waals surface area contributed by atoms with E-state index in [4.69, 9.17) is 0 Å². The lowest BCUT2D eigenvalue weighted by molar-refractivity contribution is -0.573. The highest BCUT2D eigenvalue weighted by Gasteiger charge is 2.47. The normalized spacial score (nSPS) is 22.0. The van der Waals surface area contributed by atoms with Gasteiger partial charge in [-0.3, -0.25) is 19.4 Å². The quantitative estimate of drug-likeness (QED) is 0.436. The third-order valence-corrected chi connectivity index (χ3v) is 2.56. The number of hydrogen-bond acceptors (Lipinski definition) is 6. The van der Waals surface area contributed by atoms with Crippen molar-refractivity contribution < 1.29 is 19.7 Å². The Hall–Kier alpha value is -2.66. The monoisotopic (exact) mass is 276 g/mol. The molecular weight excluding hydrogens is 264 g/mol. The highest BCUT2D eigenvalue weighted by molar-refractivity contribution is 5.78. The Morgan fingerprint density at radius 3 is 1.53 bits per heavy atom. The summed E-state index contributed by atoms with van der Waals surface area (Å²) >= 11 is 0. The summed E-state index contributed by atoms with van der Waals surface area (Å²) in [6.45, 7) is 2.00. The topological polar surface area (TPSA) is 151 Å². The minimum atomic E-state index is -1.33. The molecule has 0 spiro atoms. The fraction of sp³-hybridized carbons (Fsp3) is 0.714. The molecule has 0 radical (unpaired) electrons. The van der Waals surface area contributed by atoms with Gasteiger partial charge in [-0.25, -0.2) is 20.2 Å². The van der Waals surface area contributed by atoms with Gasteiger partial charge in [0.25, 0.3) is 0 Å². The van der Waals surface area contributed by atoms with Crippen molar-refractivity contribution >= 4 is 11.8 Å². The summed E-state index contributed by atoms with van der Waals surface area (Å²) in [6.07, 6.45) is -2.66. The van der Waals surface area contributed by atoms with E-state index in [1.54, 1.807) is 10.9 Å². The summed E-state index contributed by atoms with van der Waals surface area (Å²) < 4.78 is 0. The van der Waals surface area contributed by atoms with Crippen LogP contribution in [0.2, 0.25) is 0 Å². The Bertz CT molecular complexity index is 388. The Kier molecular flexibility index (Phi) is 4.04. The molecule has 0 aliphatic carbocycles. The third-order valence-electron chi connectivity index (χ3n) is 2.56. The SMILES string of the molecule is CC(=O)N1CN(C(C)=O)[C@@H](N[N+](=O)[O-])[C@H]1N[N+](=O)[O-]. The molecule has 0 aromatic heterocycles. The van der Waals surface area contributed by atoms with Crippen LogP contribution in [0.5, 0.6) is 0 Å². The number of hydrazine groups is 2. The van der Waals surface area contributed by atoms with Crippen molar-refractivity contribution in [3.63, 3.8) is 0 Å². The van der Waals surface area contributed by atoms with Crippen LogP contribution in [0.15, 0.2) is 0 Å². The molecule has 12 heteroatoms. The van der Waals surface area contributed by atoms with Crippen LogP contribution in [-0.2, 0) is 9.59 Å². The smallest absolute Gasteiger partial charge is 0.222 e. The van der Waals surface area contributed by atoms with Gasteiger partial charge in [0.2, 0.25) is 24.1 Å². The van der Waals surface area contributed by atoms with Crippen molar-refractivity contribution in [2.45, 2.75) is 26.2 Å². The molecule has 2 N–H and O–H groups in total. The summed E-state index contributed by atoms with van der Waals surface area (Å²) in [5, 5.41) is 19.1. The number of amides is 2. The first kappa shape index (κ1) is 14.4. The third kappa shape index (κ3) is 3.17. The van der Waals surface area contributed by atoms with Gasteiger partial charge in [0.05, 0.1) is 0 Å². The van der Waals surface area contributed by atoms with E-state index in [2.05, 4.69) is 0 Å². The molecule has 1 aliphatic rings. The molecule has 106 valence electrons. The molecule has 0 saturated carbocycles. The van der Waals surface area contributed by atoms with Crippen LogP contribution < -0.4 is 10.9 Å². The zero-order chi connectivity index (χ0) is 14.7. The standard InChI is InChI=1S/C7H12N6O6/c1-4(14)10-3-11(5(2)15)7(9-13(18)19)6(10)8-12(16)17/h6-9H,3H2,1-2H3/t6-,7+. The Morgan fingerprint density at radius 1 is 1.00 bits per heavy atom. The van der Waals surface area contributed by atoms with Crippen molar-refractivity contribution in [2.24, 2.45) is 0 Å². The molecule has 12 nitrogen and oxygen atoms in total. The number of nitrogens with one attached hydrogen (secondary N) is 2. The molecule has 1 rings (SSSR count). The lowest BCUT2D eigenvalue weighted by Gasteiger charge is -2.21. The molecule has 2 amide bonds. The summed E-state index contributed by atoms with van der Waals surface area (Å²) in [5.41, 5.74) is 3.56. The molecule has 1 saturated heterocycles. The van der Waals surface area contributed by atoms with Gasteiger partial charge >= 0.3 is 0 Å². The second-order valence-electron chi connectivity index (χ2n) is 3.78. The average molecular weight is 276 g/mol. The van der Waals surface area contributed by atoms with Crippen LogP contribution in [0.25, 0.3) is 0 Å². The predicted molar refractivity (Wildman–Crippen MR) is 57.7 cm³/mol. The first-order valence-corrected chi connectivity index (χ1v) is 5.09. The van der Waals surface area contributed by atoms with Crippen molar-refractivity contribution in [1.82, 2.24) is 20.7 Å². The molecule has 1 fully saturated rings. The van der Waals surface area contributed by atoms with Crippen LogP contribution in [0.4, 0.5) is 0 Å². The summed E-state index contributed by atoms with van der Waals surface area (Å²) in [4.78, 5) is 45.6. The summed E-state index contributed by atoms with van der Waals surface area (Å²) in [6, 6.07) is 0. The van der Waals surface area contributed by atoms with Crippen molar-refractivity contribution in [2.75, 3.05) is 6.67 Å². The maximum atomic E-state index is 11.4. The Balaban J connectivity index is 3.06. The number of nitrogens with zero attached hydrogens (tertiary/aromatic N) is 4. The highest BCUT2D eigenvalue weighted by atomic mass is 16.7. The van der Waals surface area contributed by atoms with E-state index in [0.29, 0.717) is 0 Å². The number of nitro groups is 2. The second kappa shape index (κ2) is 5.32. The van der Waals surface area contributed by atoms with Crippen molar-refractivity contribution in [3.8, 4) is 0 Å². The van der Waals surface area contributed by atoms with E-state index >= 15 is 0 Å². The van der Waals surface area contributed by atoms with Gasteiger partial charge < -0.3 is 0 Å². The maximum absolute atomic E-state index is 11.4. The molecular formula is C7H12N6O6. The van der Waals surface area contributed by atoms with E-state index in [1.165, 1.54) is 0 Å². The Morgan fingerprint density at radius 2 is 1.32 bits per heavy atom. The van der Waals surface area contributed by atoms with Crippen LogP contribution in [-0.4, -0.2) is 50.7 Å². The second-order valence-corrected chi connectivity index (χ2v) is 3.78. The van der Waals surface area contributed by atoms with Gasteiger partial charge in [-0.05, 0) is 0 Å². The fourth-order valence-corrected chi connectivity index (χ4v) is 1.77. The van der Waals surface area contributed by atoms with Crippen LogP contribution >= 0.6 is 0 Å². The fourth-order valence-electron chi connectivity index (χ4n) is 1.77. The Labute approximate surface area is 106 Å². The summed E-state index contributed by atoms with van der Waals surface area (Å²) in [5.74, 6) is -1.11. The molecule has 19 heavy (non-hydrogen) atoms. The number of carbonyl (C=O) groups excluding carboxylic acids is 2. The lowest BCUT2D eigenvalue weighted by Crippen LogP contribution is -2.58. The van der Waals surface area contributed by atoms with E-state index in [0.717, 1.165) is 23.6 Å². The number of carbonyl (C=O) groups is 2. The van der Waals surface area contributed by atoms with Crippen molar-refractivity contribution in [3.05, 3.63) is 20.2 Å². The lowest BCUT2D eigenvalue weighted by atomic mass is 10.3. The van der Waals surface area contributed by atoms with Gasteiger partial charge in [-0.1, -0.05) is 0 Å². The van der Waals surface area contributed by atoms with Crippen molar-refractivity contribution in [1.29, 1.82) is 0 Å². The van der Waals surface area contributed by atoms with Gasteiger partial charge in [-0.15, -0.1) is 10.9 Å². The van der Waals surface area contributed by atoms with E-state index in [1.807, 2.05) is 0 Å². The minimum absolute atomic E-state index is 0.276. The van der Waals surface area contributed by atoms with Crippen LogP contribution in [0.1, 0.15) is 13.8 Å². The minimum Gasteiger partial charge on any atom is -0.296 e. The highest BCUT2D eigenvalue weighted by Crippen LogP contribution is 2.17. The molecule has 2 atom stereocenters. The first-order chi connectivity index (χ1) is 8.73. The van der Waals surface area contributed by atoms with Gasteiger partial charge in [-0.2, -0.15) is 0 Å². The van der Waals surface area contributed by atoms with Crippen LogP contribution in [0.3, 0.4) is 0 Å². The molecule has 0 aromatic rings. The maximum Gasteiger partial charge on any atom is 0.222 e. The molecule has 0 unspecified atom stereocenters. The first-order valence-electron chi connectivity index (χ1n) is 5.09. The zero-order valence-electron chi connectivity index (χ0n) is 10.1. The van der Waals surface area contributed by atoms with Gasteiger partial charge in [0, 0.05) is 13.8 Å². The zero-order valence-corrected chi connectivity index (χ0v) is 10.1. The average Bonchev–Trinajstić information content (AvgIpc) is 2.56. The molecule has 0 bridgehead atoms. The molecule has 1 aliphatic heterocycles. The molecule has 0 aromatic carbocycles.